The molecule has 1 unspecified atom stereocenters. The molecule has 2 atom stereocenters. The molecule has 1 N–H and O–H groups in total. The van der Waals surface area contributed by atoms with Crippen molar-refractivity contribution >= 4 is 41.6 Å². The highest BCUT2D eigenvalue weighted by atomic mass is 32.1. The summed E-state index contributed by atoms with van der Waals surface area (Å²) in [4.78, 5) is 38.3. The summed E-state index contributed by atoms with van der Waals surface area (Å²) < 4.78 is 0. The van der Waals surface area contributed by atoms with Crippen LogP contribution in [0.1, 0.15) is 51.2 Å². The van der Waals surface area contributed by atoms with Gasteiger partial charge in [-0.15, -0.1) is 11.3 Å². The average Bonchev–Trinajstić information content (AvgIpc) is 3.28. The summed E-state index contributed by atoms with van der Waals surface area (Å²) in [6.45, 7) is 12.5. The summed E-state index contributed by atoms with van der Waals surface area (Å²) in [5, 5.41) is 3.90. The highest BCUT2D eigenvalue weighted by molar-refractivity contribution is 7.15. The standard InChI is InChI=1S/C28H30N4O2S/c1-5-20-14-9-15-22(24(20)29-4)27(33)30-17-23-18(2)11-10-16-32(23)28(34)25-26(35-19(3)31-25)21-12-7-6-8-13-21/h5-9,12-15,18,23H,1,4,10-11,16-17H2,2-3H3,(H,30,33)/t18?,23-/m1/s1. The first-order valence-electron chi connectivity index (χ1n) is 11.8. The highest BCUT2D eigenvalue weighted by Gasteiger charge is 2.35. The predicted octanol–water partition coefficient (Wildman–Crippen LogP) is 5.76. The number of aryl methyl sites for hydroxylation is 1. The molecule has 4 rings (SSSR count). The second-order valence-corrected chi connectivity index (χ2v) is 9.98. The number of likely N-dealkylation sites (tertiary alicyclic amines) is 1. The number of rotatable bonds is 7. The molecule has 3 aromatic rings. The SMILES string of the molecule is C=Cc1cccc(C(=O)NC[C@@H]2C(C)CCCN2C(=O)c2nc(C)sc2-c2ccccc2)c1N=C. The minimum atomic E-state index is -0.240. The Morgan fingerprint density at radius 3 is 2.71 bits per heavy atom. The van der Waals surface area contributed by atoms with Gasteiger partial charge < -0.3 is 10.2 Å². The van der Waals surface area contributed by atoms with Crippen LogP contribution in [0.15, 0.2) is 60.1 Å². The van der Waals surface area contributed by atoms with E-state index in [1.807, 2.05) is 48.2 Å². The minimum Gasteiger partial charge on any atom is -0.350 e. The number of benzene rings is 2. The third-order valence-electron chi connectivity index (χ3n) is 6.51. The Hall–Kier alpha value is -3.58. The van der Waals surface area contributed by atoms with Crippen LogP contribution in [0.2, 0.25) is 0 Å². The van der Waals surface area contributed by atoms with E-state index in [0.717, 1.165) is 33.9 Å². The number of aliphatic imine (C=N–C) groups is 1. The third kappa shape index (κ3) is 5.10. The molecule has 2 aromatic carbocycles. The van der Waals surface area contributed by atoms with E-state index >= 15 is 0 Å². The van der Waals surface area contributed by atoms with E-state index in [-0.39, 0.29) is 23.8 Å². The molecule has 1 aromatic heterocycles. The molecule has 1 saturated heterocycles. The van der Waals surface area contributed by atoms with Crippen LogP contribution in [0.5, 0.6) is 0 Å². The van der Waals surface area contributed by atoms with Gasteiger partial charge in [0.2, 0.25) is 0 Å². The lowest BCUT2D eigenvalue weighted by molar-refractivity contribution is 0.0503. The lowest BCUT2D eigenvalue weighted by Gasteiger charge is -2.40. The number of amides is 2. The van der Waals surface area contributed by atoms with Crippen molar-refractivity contribution in [3.63, 3.8) is 0 Å². The fourth-order valence-corrected chi connectivity index (χ4v) is 5.60. The molecule has 2 amide bonds. The minimum absolute atomic E-state index is 0.0823. The second kappa shape index (κ2) is 10.8. The van der Waals surface area contributed by atoms with Crippen LogP contribution < -0.4 is 5.32 Å². The van der Waals surface area contributed by atoms with Crippen LogP contribution >= 0.6 is 11.3 Å². The highest BCUT2D eigenvalue weighted by Crippen LogP contribution is 2.33. The van der Waals surface area contributed by atoms with E-state index in [2.05, 4.69) is 35.5 Å². The van der Waals surface area contributed by atoms with Gasteiger partial charge in [0.25, 0.3) is 11.8 Å². The Morgan fingerprint density at radius 1 is 1.23 bits per heavy atom. The Labute approximate surface area is 210 Å². The molecular formula is C28H30N4O2S. The van der Waals surface area contributed by atoms with E-state index < -0.39 is 0 Å². The van der Waals surface area contributed by atoms with Crippen molar-refractivity contribution in [3.8, 4) is 10.4 Å². The average molecular weight is 487 g/mol. The largest absolute Gasteiger partial charge is 0.350 e. The number of carbonyl (C=O) groups is 2. The Balaban J connectivity index is 1.57. The van der Waals surface area contributed by atoms with Gasteiger partial charge >= 0.3 is 0 Å². The van der Waals surface area contributed by atoms with Gasteiger partial charge in [0, 0.05) is 18.7 Å². The number of piperidine rings is 1. The summed E-state index contributed by atoms with van der Waals surface area (Å²) in [5.41, 5.74) is 3.18. The zero-order chi connectivity index (χ0) is 24.9. The number of aromatic nitrogens is 1. The molecule has 180 valence electrons. The van der Waals surface area contributed by atoms with Gasteiger partial charge in [0.05, 0.1) is 27.2 Å². The first kappa shape index (κ1) is 24.5. The van der Waals surface area contributed by atoms with Gasteiger partial charge in [0.1, 0.15) is 5.69 Å². The van der Waals surface area contributed by atoms with E-state index in [4.69, 9.17) is 0 Å². The van der Waals surface area contributed by atoms with Crippen LogP contribution in [-0.4, -0.2) is 47.5 Å². The summed E-state index contributed by atoms with van der Waals surface area (Å²) >= 11 is 1.53. The van der Waals surface area contributed by atoms with Crippen molar-refractivity contribution in [2.24, 2.45) is 10.9 Å². The molecule has 0 bridgehead atoms. The zero-order valence-electron chi connectivity index (χ0n) is 20.2. The first-order chi connectivity index (χ1) is 16.9. The summed E-state index contributed by atoms with van der Waals surface area (Å²) in [6.07, 6.45) is 3.58. The van der Waals surface area contributed by atoms with E-state index in [9.17, 15) is 9.59 Å². The van der Waals surface area contributed by atoms with Crippen molar-refractivity contribution < 1.29 is 9.59 Å². The maximum atomic E-state index is 13.8. The number of nitrogens with one attached hydrogen (secondary N) is 1. The van der Waals surface area contributed by atoms with Crippen molar-refractivity contribution in [2.45, 2.75) is 32.7 Å². The molecule has 0 saturated carbocycles. The quantitative estimate of drug-likeness (QED) is 0.431. The zero-order valence-corrected chi connectivity index (χ0v) is 21.0. The van der Waals surface area contributed by atoms with Crippen LogP contribution in [-0.2, 0) is 0 Å². The van der Waals surface area contributed by atoms with Crippen LogP contribution in [0.25, 0.3) is 16.5 Å². The topological polar surface area (TPSA) is 74.7 Å². The molecule has 35 heavy (non-hydrogen) atoms. The molecule has 1 aliphatic heterocycles. The molecule has 0 spiro atoms. The molecule has 0 radical (unpaired) electrons. The maximum absolute atomic E-state index is 13.8. The molecule has 6 nitrogen and oxygen atoms in total. The Morgan fingerprint density at radius 2 is 2.00 bits per heavy atom. The van der Waals surface area contributed by atoms with Crippen LogP contribution in [0, 0.1) is 12.8 Å². The van der Waals surface area contributed by atoms with E-state index in [1.165, 1.54) is 11.3 Å². The lowest BCUT2D eigenvalue weighted by Crippen LogP contribution is -2.53. The molecule has 0 aliphatic carbocycles. The molecular weight excluding hydrogens is 456 g/mol. The number of carbonyl (C=O) groups excluding carboxylic acids is 2. The number of hydrogen-bond acceptors (Lipinski definition) is 5. The van der Waals surface area contributed by atoms with Crippen molar-refractivity contribution in [1.29, 1.82) is 0 Å². The summed E-state index contributed by atoms with van der Waals surface area (Å²) in [6, 6.07) is 15.1. The number of hydrogen-bond donors (Lipinski definition) is 1. The number of thiazole rings is 1. The normalized spacial score (nSPS) is 17.6. The van der Waals surface area contributed by atoms with Gasteiger partial charge in [-0.05, 0) is 44.0 Å². The summed E-state index contributed by atoms with van der Waals surface area (Å²) in [7, 11) is 0. The molecule has 1 fully saturated rings. The van der Waals surface area contributed by atoms with Gasteiger partial charge in [-0.1, -0.05) is 62.0 Å². The summed E-state index contributed by atoms with van der Waals surface area (Å²) in [5.74, 6) is -0.0822. The molecule has 2 heterocycles. The maximum Gasteiger partial charge on any atom is 0.274 e. The van der Waals surface area contributed by atoms with Crippen molar-refractivity contribution in [2.75, 3.05) is 13.1 Å². The first-order valence-corrected chi connectivity index (χ1v) is 12.6. The number of nitrogens with zero attached hydrogens (tertiary/aromatic N) is 3. The Kier molecular flexibility index (Phi) is 7.56. The van der Waals surface area contributed by atoms with E-state index in [0.29, 0.717) is 30.0 Å². The van der Waals surface area contributed by atoms with Gasteiger partial charge in [-0.25, -0.2) is 4.98 Å². The fourth-order valence-electron chi connectivity index (χ4n) is 4.68. The fraction of sp³-hybridized carbons (Fsp3) is 0.286. The Bertz CT molecular complexity index is 1250. The molecule has 7 heteroatoms. The lowest BCUT2D eigenvalue weighted by atomic mass is 9.90. The second-order valence-electron chi connectivity index (χ2n) is 8.78. The van der Waals surface area contributed by atoms with Crippen molar-refractivity contribution in [1.82, 2.24) is 15.2 Å². The van der Waals surface area contributed by atoms with Crippen molar-refractivity contribution in [3.05, 3.63) is 76.9 Å². The number of para-hydroxylation sites is 1. The van der Waals surface area contributed by atoms with Gasteiger partial charge in [-0.3, -0.25) is 14.6 Å². The van der Waals surface area contributed by atoms with Crippen LogP contribution in [0.4, 0.5) is 5.69 Å². The van der Waals surface area contributed by atoms with Crippen LogP contribution in [0.3, 0.4) is 0 Å². The molecule has 1 aliphatic rings. The van der Waals surface area contributed by atoms with Gasteiger partial charge in [-0.2, -0.15) is 0 Å². The predicted molar refractivity (Wildman–Crippen MR) is 144 cm³/mol. The third-order valence-corrected chi connectivity index (χ3v) is 7.53. The van der Waals surface area contributed by atoms with Gasteiger partial charge in [0.15, 0.2) is 0 Å². The monoisotopic (exact) mass is 486 g/mol. The smallest absolute Gasteiger partial charge is 0.274 e. The van der Waals surface area contributed by atoms with E-state index in [1.54, 1.807) is 18.2 Å².